The molecule has 0 saturated heterocycles. The van der Waals surface area contributed by atoms with Crippen LogP contribution in [0.3, 0.4) is 0 Å². The highest BCUT2D eigenvalue weighted by Gasteiger charge is 2.11. The van der Waals surface area contributed by atoms with E-state index in [4.69, 9.17) is 5.73 Å². The minimum Gasteiger partial charge on any atom is -0.321 e. The quantitative estimate of drug-likeness (QED) is 0.774. The van der Waals surface area contributed by atoms with E-state index in [0.717, 1.165) is 10.9 Å². The highest BCUT2D eigenvalue weighted by molar-refractivity contribution is 5.81. The van der Waals surface area contributed by atoms with Gasteiger partial charge in [0, 0.05) is 24.0 Å². The standard InChI is InChI=1S/C15H14N4/c16-13(15-18-7-3-8-19-15)10-11-6-9-17-14-5-2-1-4-12(11)14/h1-9,13H,10,16H2. The zero-order chi connectivity index (χ0) is 13.1. The molecule has 4 nitrogen and oxygen atoms in total. The van der Waals surface area contributed by atoms with Crippen LogP contribution in [0.1, 0.15) is 17.4 Å². The first-order valence-electron chi connectivity index (χ1n) is 6.20. The van der Waals surface area contributed by atoms with Crippen molar-refractivity contribution in [2.75, 3.05) is 0 Å². The maximum Gasteiger partial charge on any atom is 0.145 e. The molecule has 2 N–H and O–H groups in total. The lowest BCUT2D eigenvalue weighted by Crippen LogP contribution is -2.16. The van der Waals surface area contributed by atoms with Crippen molar-refractivity contribution in [3.05, 3.63) is 66.4 Å². The Morgan fingerprint density at radius 3 is 2.53 bits per heavy atom. The molecule has 94 valence electrons. The Morgan fingerprint density at radius 2 is 1.68 bits per heavy atom. The third kappa shape index (κ3) is 2.44. The Balaban J connectivity index is 1.94. The molecule has 2 heterocycles. The number of pyridine rings is 1. The van der Waals surface area contributed by atoms with Gasteiger partial charge in [-0.15, -0.1) is 0 Å². The maximum atomic E-state index is 6.17. The van der Waals surface area contributed by atoms with Gasteiger partial charge in [-0.05, 0) is 30.2 Å². The highest BCUT2D eigenvalue weighted by Crippen LogP contribution is 2.20. The zero-order valence-electron chi connectivity index (χ0n) is 10.4. The minimum absolute atomic E-state index is 0.202. The third-order valence-electron chi connectivity index (χ3n) is 3.10. The molecule has 1 unspecified atom stereocenters. The van der Waals surface area contributed by atoms with E-state index in [1.807, 2.05) is 30.5 Å². The van der Waals surface area contributed by atoms with Gasteiger partial charge in [-0.25, -0.2) is 9.97 Å². The van der Waals surface area contributed by atoms with Crippen LogP contribution in [0.25, 0.3) is 10.9 Å². The molecule has 0 saturated carbocycles. The second kappa shape index (κ2) is 5.12. The summed E-state index contributed by atoms with van der Waals surface area (Å²) in [5.41, 5.74) is 8.33. The molecule has 1 aromatic carbocycles. The van der Waals surface area contributed by atoms with E-state index in [-0.39, 0.29) is 6.04 Å². The van der Waals surface area contributed by atoms with Crippen LogP contribution in [0.5, 0.6) is 0 Å². The van der Waals surface area contributed by atoms with E-state index in [1.165, 1.54) is 5.56 Å². The topological polar surface area (TPSA) is 64.7 Å². The molecule has 0 aliphatic heterocycles. The van der Waals surface area contributed by atoms with Gasteiger partial charge < -0.3 is 5.73 Å². The summed E-state index contributed by atoms with van der Waals surface area (Å²) in [6.07, 6.45) is 5.95. The van der Waals surface area contributed by atoms with Gasteiger partial charge >= 0.3 is 0 Å². The van der Waals surface area contributed by atoms with Crippen LogP contribution in [0, 0.1) is 0 Å². The van der Waals surface area contributed by atoms with Crippen molar-refractivity contribution in [1.82, 2.24) is 15.0 Å². The van der Waals surface area contributed by atoms with Gasteiger partial charge in [0.2, 0.25) is 0 Å². The normalized spacial score (nSPS) is 12.5. The van der Waals surface area contributed by atoms with Crippen LogP contribution in [-0.2, 0) is 6.42 Å². The van der Waals surface area contributed by atoms with E-state index in [0.29, 0.717) is 12.2 Å². The fourth-order valence-corrected chi connectivity index (χ4v) is 2.16. The fraction of sp³-hybridized carbons (Fsp3) is 0.133. The van der Waals surface area contributed by atoms with E-state index in [9.17, 15) is 0 Å². The average Bonchev–Trinajstić information content (AvgIpc) is 2.48. The summed E-state index contributed by atoms with van der Waals surface area (Å²) in [5, 5.41) is 1.14. The van der Waals surface area contributed by atoms with Crippen molar-refractivity contribution in [3.8, 4) is 0 Å². The molecule has 3 rings (SSSR count). The Kier molecular flexibility index (Phi) is 3.16. The number of hydrogen-bond acceptors (Lipinski definition) is 4. The molecular formula is C15H14N4. The number of rotatable bonds is 3. The first kappa shape index (κ1) is 11.7. The molecule has 0 fully saturated rings. The average molecular weight is 250 g/mol. The number of aromatic nitrogens is 3. The number of nitrogens with two attached hydrogens (primary N) is 1. The smallest absolute Gasteiger partial charge is 0.145 e. The van der Waals surface area contributed by atoms with Gasteiger partial charge in [0.1, 0.15) is 5.82 Å². The highest BCUT2D eigenvalue weighted by atomic mass is 14.9. The van der Waals surface area contributed by atoms with E-state index >= 15 is 0 Å². The third-order valence-corrected chi connectivity index (χ3v) is 3.10. The first-order valence-corrected chi connectivity index (χ1v) is 6.20. The van der Waals surface area contributed by atoms with Gasteiger partial charge in [-0.2, -0.15) is 0 Å². The lowest BCUT2D eigenvalue weighted by Gasteiger charge is -2.11. The van der Waals surface area contributed by atoms with E-state index in [2.05, 4.69) is 21.0 Å². The van der Waals surface area contributed by atoms with Crippen molar-refractivity contribution in [2.45, 2.75) is 12.5 Å². The number of benzene rings is 1. The summed E-state index contributed by atoms with van der Waals surface area (Å²) < 4.78 is 0. The monoisotopic (exact) mass is 250 g/mol. The molecule has 0 spiro atoms. The van der Waals surface area contributed by atoms with Crippen molar-refractivity contribution >= 4 is 10.9 Å². The van der Waals surface area contributed by atoms with Crippen LogP contribution < -0.4 is 5.73 Å². The molecule has 2 aromatic heterocycles. The predicted octanol–water partition coefficient (Wildman–Crippen LogP) is 2.27. The lowest BCUT2D eigenvalue weighted by molar-refractivity contribution is 0.669. The molecule has 19 heavy (non-hydrogen) atoms. The summed E-state index contributed by atoms with van der Waals surface area (Å²) in [6, 6.07) is 11.7. The van der Waals surface area contributed by atoms with Crippen LogP contribution in [-0.4, -0.2) is 15.0 Å². The predicted molar refractivity (Wildman–Crippen MR) is 74.4 cm³/mol. The van der Waals surface area contributed by atoms with Gasteiger partial charge in [-0.1, -0.05) is 18.2 Å². The number of para-hydroxylation sites is 1. The molecular weight excluding hydrogens is 236 g/mol. The van der Waals surface area contributed by atoms with Gasteiger partial charge in [-0.3, -0.25) is 4.98 Å². The summed E-state index contributed by atoms with van der Waals surface area (Å²) >= 11 is 0. The Morgan fingerprint density at radius 1 is 0.895 bits per heavy atom. The van der Waals surface area contributed by atoms with Crippen molar-refractivity contribution in [1.29, 1.82) is 0 Å². The summed E-state index contributed by atoms with van der Waals surface area (Å²) in [7, 11) is 0. The van der Waals surface area contributed by atoms with Gasteiger partial charge in [0.15, 0.2) is 0 Å². The van der Waals surface area contributed by atoms with Crippen molar-refractivity contribution in [2.24, 2.45) is 5.73 Å². The lowest BCUT2D eigenvalue weighted by atomic mass is 10.0. The summed E-state index contributed by atoms with van der Waals surface area (Å²) in [4.78, 5) is 12.8. The van der Waals surface area contributed by atoms with E-state index < -0.39 is 0 Å². The summed E-state index contributed by atoms with van der Waals surface area (Å²) in [6.45, 7) is 0. The van der Waals surface area contributed by atoms with Gasteiger partial charge in [0.25, 0.3) is 0 Å². The van der Waals surface area contributed by atoms with E-state index in [1.54, 1.807) is 18.5 Å². The minimum atomic E-state index is -0.202. The molecule has 0 radical (unpaired) electrons. The zero-order valence-corrected chi connectivity index (χ0v) is 10.4. The molecule has 0 aliphatic rings. The fourth-order valence-electron chi connectivity index (χ4n) is 2.16. The van der Waals surface area contributed by atoms with Crippen LogP contribution >= 0.6 is 0 Å². The Labute approximate surface area is 111 Å². The Bertz CT molecular complexity index is 677. The maximum absolute atomic E-state index is 6.17. The van der Waals surface area contributed by atoms with Gasteiger partial charge in [0.05, 0.1) is 11.6 Å². The molecule has 4 heteroatoms. The molecule has 0 aliphatic carbocycles. The molecule has 0 amide bonds. The van der Waals surface area contributed by atoms with Crippen LogP contribution in [0.15, 0.2) is 55.0 Å². The second-order valence-corrected chi connectivity index (χ2v) is 4.40. The van der Waals surface area contributed by atoms with Crippen LogP contribution in [0.2, 0.25) is 0 Å². The summed E-state index contributed by atoms with van der Waals surface area (Å²) in [5.74, 6) is 0.670. The Hall–Kier alpha value is -2.33. The molecule has 0 bridgehead atoms. The number of hydrogen-bond donors (Lipinski definition) is 1. The molecule has 3 aromatic rings. The second-order valence-electron chi connectivity index (χ2n) is 4.40. The SMILES string of the molecule is NC(Cc1ccnc2ccccc12)c1ncccn1. The van der Waals surface area contributed by atoms with Crippen molar-refractivity contribution < 1.29 is 0 Å². The largest absolute Gasteiger partial charge is 0.321 e. The number of nitrogens with zero attached hydrogens (tertiary/aromatic N) is 3. The first-order chi connectivity index (χ1) is 9.34. The molecule has 1 atom stereocenters. The van der Waals surface area contributed by atoms with Crippen molar-refractivity contribution in [3.63, 3.8) is 0 Å². The van der Waals surface area contributed by atoms with Crippen LogP contribution in [0.4, 0.5) is 0 Å². The number of fused-ring (bicyclic) bond motifs is 1.